The van der Waals surface area contributed by atoms with Crippen molar-refractivity contribution in [2.45, 2.75) is 32.6 Å². The van der Waals surface area contributed by atoms with Crippen molar-refractivity contribution >= 4 is 0 Å². The molecule has 0 radical (unpaired) electrons. The Kier molecular flexibility index (Phi) is 11.4. The lowest BCUT2D eigenvalue weighted by molar-refractivity contribution is 0.582. The monoisotopic (exact) mass is 184 g/mol. The average molecular weight is 184 g/mol. The summed E-state index contributed by atoms with van der Waals surface area (Å²) in [5.74, 6) is 0. The van der Waals surface area contributed by atoms with Gasteiger partial charge in [0.1, 0.15) is 0 Å². The fourth-order valence-electron chi connectivity index (χ4n) is 1.13. The maximum absolute atomic E-state index is 3.65. The summed E-state index contributed by atoms with van der Waals surface area (Å²) in [7, 11) is 0. The van der Waals surface area contributed by atoms with E-state index in [4.69, 9.17) is 0 Å². The van der Waals surface area contributed by atoms with E-state index >= 15 is 0 Å². The molecule has 0 heterocycles. The van der Waals surface area contributed by atoms with Gasteiger partial charge in [0.05, 0.1) is 0 Å². The van der Waals surface area contributed by atoms with Gasteiger partial charge in [0.15, 0.2) is 0 Å². The van der Waals surface area contributed by atoms with Crippen molar-refractivity contribution in [1.82, 2.24) is 10.6 Å². The zero-order valence-corrected chi connectivity index (χ0v) is 8.94. The summed E-state index contributed by atoms with van der Waals surface area (Å²) in [6, 6.07) is 0. The molecule has 0 amide bonds. The fourth-order valence-corrected chi connectivity index (χ4v) is 1.13. The molecule has 0 saturated carbocycles. The molecule has 0 unspecified atom stereocenters. The lowest BCUT2D eigenvalue weighted by atomic mass is 10.3. The molecule has 0 saturated heterocycles. The van der Waals surface area contributed by atoms with Gasteiger partial charge in [0.25, 0.3) is 0 Å². The molecule has 13 heavy (non-hydrogen) atoms. The third kappa shape index (κ3) is 11.7. The van der Waals surface area contributed by atoms with Gasteiger partial charge >= 0.3 is 0 Å². The van der Waals surface area contributed by atoms with Crippen LogP contribution in [0, 0.1) is 0 Å². The predicted octanol–water partition coefficient (Wildman–Crippen LogP) is 1.93. The van der Waals surface area contributed by atoms with Crippen molar-refractivity contribution in [3.05, 3.63) is 12.7 Å². The van der Waals surface area contributed by atoms with Crippen molar-refractivity contribution in [1.29, 1.82) is 0 Å². The lowest BCUT2D eigenvalue weighted by Gasteiger charge is -2.03. The molecular formula is C11H24N2. The van der Waals surface area contributed by atoms with E-state index in [-0.39, 0.29) is 0 Å². The van der Waals surface area contributed by atoms with Crippen LogP contribution in [0.5, 0.6) is 0 Å². The van der Waals surface area contributed by atoms with Gasteiger partial charge in [-0.3, -0.25) is 0 Å². The Morgan fingerprint density at radius 1 is 1.00 bits per heavy atom. The summed E-state index contributed by atoms with van der Waals surface area (Å²) in [5.41, 5.74) is 0. The molecule has 2 nitrogen and oxygen atoms in total. The topological polar surface area (TPSA) is 24.1 Å². The highest BCUT2D eigenvalue weighted by Gasteiger charge is 1.88. The van der Waals surface area contributed by atoms with E-state index in [0.29, 0.717) is 0 Å². The SMILES string of the molecule is C=CCNCCCCNCCCC. The van der Waals surface area contributed by atoms with Crippen molar-refractivity contribution in [2.24, 2.45) is 0 Å². The molecule has 0 aromatic rings. The van der Waals surface area contributed by atoms with Crippen LogP contribution in [-0.4, -0.2) is 26.2 Å². The van der Waals surface area contributed by atoms with Crippen LogP contribution in [0.2, 0.25) is 0 Å². The first-order valence-corrected chi connectivity index (χ1v) is 5.44. The standard InChI is InChI=1S/C11H24N2/c1-3-5-9-13-11-7-6-10-12-8-4-2/h4,12-13H,2-3,5-11H2,1H3. The Bertz CT molecular complexity index is 102. The van der Waals surface area contributed by atoms with E-state index in [9.17, 15) is 0 Å². The number of hydrogen-bond acceptors (Lipinski definition) is 2. The predicted molar refractivity (Wildman–Crippen MR) is 60.1 cm³/mol. The minimum absolute atomic E-state index is 0.934. The van der Waals surface area contributed by atoms with Crippen molar-refractivity contribution in [3.8, 4) is 0 Å². The molecule has 0 spiro atoms. The van der Waals surface area contributed by atoms with Gasteiger partial charge in [0.2, 0.25) is 0 Å². The number of unbranched alkanes of at least 4 members (excludes halogenated alkanes) is 2. The van der Waals surface area contributed by atoms with Crippen LogP contribution in [0.15, 0.2) is 12.7 Å². The van der Waals surface area contributed by atoms with E-state index in [0.717, 1.165) is 19.6 Å². The largest absolute Gasteiger partial charge is 0.317 e. The van der Waals surface area contributed by atoms with E-state index in [1.807, 2.05) is 6.08 Å². The van der Waals surface area contributed by atoms with Gasteiger partial charge in [0, 0.05) is 6.54 Å². The van der Waals surface area contributed by atoms with Crippen LogP contribution in [0.1, 0.15) is 32.6 Å². The van der Waals surface area contributed by atoms with Crippen molar-refractivity contribution in [3.63, 3.8) is 0 Å². The molecule has 0 aliphatic carbocycles. The van der Waals surface area contributed by atoms with Gasteiger partial charge in [-0.2, -0.15) is 0 Å². The van der Waals surface area contributed by atoms with Gasteiger partial charge in [-0.25, -0.2) is 0 Å². The van der Waals surface area contributed by atoms with Crippen LogP contribution in [0.3, 0.4) is 0 Å². The molecule has 0 rings (SSSR count). The maximum atomic E-state index is 3.65. The normalized spacial score (nSPS) is 10.2. The van der Waals surface area contributed by atoms with Crippen molar-refractivity contribution in [2.75, 3.05) is 26.2 Å². The third-order valence-corrected chi connectivity index (χ3v) is 1.95. The summed E-state index contributed by atoms with van der Waals surface area (Å²) < 4.78 is 0. The highest BCUT2D eigenvalue weighted by atomic mass is 14.9. The molecule has 0 aromatic heterocycles. The van der Waals surface area contributed by atoms with E-state index < -0.39 is 0 Å². The first-order chi connectivity index (χ1) is 6.41. The molecular weight excluding hydrogens is 160 g/mol. The second kappa shape index (κ2) is 11.7. The minimum atomic E-state index is 0.934. The average Bonchev–Trinajstić information content (AvgIpc) is 2.16. The Labute approximate surface area is 82.8 Å². The Hall–Kier alpha value is -0.340. The molecule has 78 valence electrons. The molecule has 2 N–H and O–H groups in total. The minimum Gasteiger partial charge on any atom is -0.317 e. The first kappa shape index (κ1) is 12.7. The fraction of sp³-hybridized carbons (Fsp3) is 0.818. The van der Waals surface area contributed by atoms with E-state index in [1.54, 1.807) is 0 Å². The molecule has 0 aliphatic rings. The van der Waals surface area contributed by atoms with Gasteiger partial charge in [-0.05, 0) is 38.9 Å². The summed E-state index contributed by atoms with van der Waals surface area (Å²) in [6.45, 7) is 10.3. The van der Waals surface area contributed by atoms with Crippen LogP contribution in [0.4, 0.5) is 0 Å². The van der Waals surface area contributed by atoms with Gasteiger partial charge < -0.3 is 10.6 Å². The van der Waals surface area contributed by atoms with Crippen LogP contribution in [0.25, 0.3) is 0 Å². The third-order valence-electron chi connectivity index (χ3n) is 1.95. The maximum Gasteiger partial charge on any atom is 0.0132 e. The quantitative estimate of drug-likeness (QED) is 0.400. The lowest BCUT2D eigenvalue weighted by Crippen LogP contribution is -2.19. The molecule has 0 aromatic carbocycles. The number of nitrogens with one attached hydrogen (secondary N) is 2. The summed E-state index contributed by atoms with van der Waals surface area (Å²) in [4.78, 5) is 0. The van der Waals surface area contributed by atoms with E-state index in [2.05, 4.69) is 24.1 Å². The zero-order valence-electron chi connectivity index (χ0n) is 8.94. The van der Waals surface area contributed by atoms with Gasteiger partial charge in [-0.1, -0.05) is 19.4 Å². The second-order valence-electron chi connectivity index (χ2n) is 3.30. The number of hydrogen-bond donors (Lipinski definition) is 2. The van der Waals surface area contributed by atoms with Gasteiger partial charge in [-0.15, -0.1) is 6.58 Å². The Balaban J connectivity index is 2.79. The highest BCUT2D eigenvalue weighted by molar-refractivity contribution is 4.69. The Morgan fingerprint density at radius 3 is 2.23 bits per heavy atom. The van der Waals surface area contributed by atoms with Crippen molar-refractivity contribution < 1.29 is 0 Å². The summed E-state index contributed by atoms with van der Waals surface area (Å²) >= 11 is 0. The molecule has 0 fully saturated rings. The van der Waals surface area contributed by atoms with Crippen LogP contribution < -0.4 is 10.6 Å². The summed E-state index contributed by atoms with van der Waals surface area (Å²) in [6.07, 6.45) is 7.02. The molecule has 0 bridgehead atoms. The second-order valence-corrected chi connectivity index (χ2v) is 3.30. The molecule has 0 atom stereocenters. The molecule has 0 aliphatic heterocycles. The smallest absolute Gasteiger partial charge is 0.0132 e. The van der Waals surface area contributed by atoms with E-state index in [1.165, 1.54) is 32.2 Å². The summed E-state index contributed by atoms with van der Waals surface area (Å²) in [5, 5.41) is 6.72. The highest BCUT2D eigenvalue weighted by Crippen LogP contribution is 1.86. The van der Waals surface area contributed by atoms with Crippen LogP contribution in [-0.2, 0) is 0 Å². The first-order valence-electron chi connectivity index (χ1n) is 5.44. The number of rotatable bonds is 10. The Morgan fingerprint density at radius 2 is 1.62 bits per heavy atom. The molecule has 2 heteroatoms. The van der Waals surface area contributed by atoms with Crippen LogP contribution >= 0.6 is 0 Å². The zero-order chi connectivity index (χ0) is 9.78.